The predicted octanol–water partition coefficient (Wildman–Crippen LogP) is 4.89. The first-order valence-electron chi connectivity index (χ1n) is 12.6. The highest BCUT2D eigenvalue weighted by Crippen LogP contribution is 2.41. The molecule has 0 aliphatic carbocycles. The van der Waals surface area contributed by atoms with E-state index >= 15 is 0 Å². The van der Waals surface area contributed by atoms with E-state index in [1.165, 1.54) is 4.90 Å². The molecule has 1 amide bonds. The van der Waals surface area contributed by atoms with Crippen molar-refractivity contribution in [3.8, 4) is 11.5 Å². The average molecular weight is 494 g/mol. The van der Waals surface area contributed by atoms with Gasteiger partial charge in [-0.25, -0.2) is 0 Å². The Morgan fingerprint density at radius 1 is 1.17 bits per heavy atom. The van der Waals surface area contributed by atoms with Crippen LogP contribution in [0.2, 0.25) is 0 Å². The lowest BCUT2D eigenvalue weighted by molar-refractivity contribution is -0.140. The van der Waals surface area contributed by atoms with Crippen LogP contribution in [0.15, 0.2) is 48.0 Å². The third-order valence-corrected chi connectivity index (χ3v) is 6.59. The lowest BCUT2D eigenvalue weighted by atomic mass is 9.94. The summed E-state index contributed by atoms with van der Waals surface area (Å²) >= 11 is 0. The molecule has 2 aromatic rings. The second-order valence-corrected chi connectivity index (χ2v) is 9.90. The molecule has 4 rings (SSSR count). The van der Waals surface area contributed by atoms with Crippen LogP contribution in [-0.2, 0) is 20.7 Å². The summed E-state index contributed by atoms with van der Waals surface area (Å²) in [5, 5.41) is 11.4. The molecule has 1 saturated heterocycles. The molecule has 7 nitrogen and oxygen atoms in total. The number of nitrogens with zero attached hydrogens (tertiary/aromatic N) is 1. The summed E-state index contributed by atoms with van der Waals surface area (Å²) in [4.78, 5) is 27.9. The molecule has 0 bridgehead atoms. The molecule has 7 heteroatoms. The van der Waals surface area contributed by atoms with Crippen LogP contribution >= 0.6 is 0 Å². The number of fused-ring (bicyclic) bond motifs is 1. The molecule has 1 fully saturated rings. The van der Waals surface area contributed by atoms with E-state index in [0.717, 1.165) is 24.2 Å². The van der Waals surface area contributed by atoms with Gasteiger partial charge >= 0.3 is 0 Å². The monoisotopic (exact) mass is 493 g/mol. The SMILES string of the molecule is COCCCN1C(=O)C(=O)/C(=C(\O)c2ccc3c(c2)CC(C)O3)C1c1cccc(OCCC(C)C)c1. The van der Waals surface area contributed by atoms with Crippen molar-refractivity contribution >= 4 is 17.4 Å². The number of carbonyl (C=O) groups is 2. The van der Waals surface area contributed by atoms with Crippen LogP contribution in [0.1, 0.15) is 56.3 Å². The van der Waals surface area contributed by atoms with E-state index in [1.807, 2.05) is 37.3 Å². The third-order valence-electron chi connectivity index (χ3n) is 6.59. The number of methoxy groups -OCH3 is 1. The van der Waals surface area contributed by atoms with E-state index in [-0.39, 0.29) is 17.4 Å². The Morgan fingerprint density at radius 3 is 2.72 bits per heavy atom. The minimum atomic E-state index is -0.723. The first-order chi connectivity index (χ1) is 17.3. The molecule has 2 unspecified atom stereocenters. The lowest BCUT2D eigenvalue weighted by Crippen LogP contribution is -2.31. The minimum Gasteiger partial charge on any atom is -0.507 e. The molecule has 2 atom stereocenters. The molecular weight excluding hydrogens is 458 g/mol. The summed E-state index contributed by atoms with van der Waals surface area (Å²) in [7, 11) is 1.60. The van der Waals surface area contributed by atoms with Gasteiger partial charge in [-0.3, -0.25) is 9.59 Å². The second kappa shape index (κ2) is 11.2. The highest BCUT2D eigenvalue weighted by Gasteiger charge is 2.46. The van der Waals surface area contributed by atoms with E-state index in [2.05, 4.69) is 13.8 Å². The van der Waals surface area contributed by atoms with E-state index in [0.29, 0.717) is 49.0 Å². The minimum absolute atomic E-state index is 0.0576. The van der Waals surface area contributed by atoms with E-state index < -0.39 is 17.7 Å². The molecule has 2 aliphatic heterocycles. The maximum absolute atomic E-state index is 13.3. The zero-order valence-corrected chi connectivity index (χ0v) is 21.5. The molecule has 2 aliphatic rings. The van der Waals surface area contributed by atoms with Crippen LogP contribution in [0.25, 0.3) is 5.76 Å². The first kappa shape index (κ1) is 25.8. The quantitative estimate of drug-likeness (QED) is 0.219. The summed E-state index contributed by atoms with van der Waals surface area (Å²) in [6, 6.07) is 12.1. The van der Waals surface area contributed by atoms with Gasteiger partial charge in [0.25, 0.3) is 11.7 Å². The Hall–Kier alpha value is -3.32. The molecule has 0 aromatic heterocycles. The van der Waals surface area contributed by atoms with Crippen molar-refractivity contribution in [3.05, 3.63) is 64.7 Å². The van der Waals surface area contributed by atoms with Crippen LogP contribution in [0.4, 0.5) is 0 Å². The molecular formula is C29H35NO6. The maximum atomic E-state index is 13.3. The van der Waals surface area contributed by atoms with Crippen LogP contribution in [-0.4, -0.2) is 54.7 Å². The number of hydrogen-bond donors (Lipinski definition) is 1. The van der Waals surface area contributed by atoms with Crippen LogP contribution in [0.3, 0.4) is 0 Å². The molecule has 36 heavy (non-hydrogen) atoms. The van der Waals surface area contributed by atoms with Crippen LogP contribution in [0, 0.1) is 5.92 Å². The fraction of sp³-hybridized carbons (Fsp3) is 0.448. The highest BCUT2D eigenvalue weighted by molar-refractivity contribution is 6.46. The van der Waals surface area contributed by atoms with Crippen molar-refractivity contribution in [3.63, 3.8) is 0 Å². The molecule has 2 heterocycles. The number of Topliss-reactive ketones (excluding diaryl/α,β-unsaturated/α-hetero) is 1. The standard InChI is InChI=1S/C29H35NO6/c1-18(2)11-14-35-23-8-5-7-20(17-23)26-25(28(32)29(33)30(26)12-6-13-34-4)27(31)21-9-10-24-22(16-21)15-19(3)36-24/h5,7-10,16-19,26,31H,6,11-15H2,1-4H3/b27-25-. The Balaban J connectivity index is 1.74. The van der Waals surface area contributed by atoms with Gasteiger partial charge in [0.1, 0.15) is 23.4 Å². The number of aliphatic hydroxyl groups excluding tert-OH is 1. The van der Waals surface area contributed by atoms with Gasteiger partial charge in [0, 0.05) is 32.2 Å². The number of aliphatic hydroxyl groups is 1. The normalized spacial score (nSPS) is 20.6. The van der Waals surface area contributed by atoms with Crippen LogP contribution < -0.4 is 9.47 Å². The topological polar surface area (TPSA) is 85.3 Å². The summed E-state index contributed by atoms with van der Waals surface area (Å²) in [5.41, 5.74) is 2.27. The number of ether oxygens (including phenoxy) is 3. The van der Waals surface area contributed by atoms with Gasteiger partial charge in [0.05, 0.1) is 18.2 Å². The number of likely N-dealkylation sites (tertiary alicyclic amines) is 1. The van der Waals surface area contributed by atoms with E-state index in [9.17, 15) is 14.7 Å². The third kappa shape index (κ3) is 5.41. The lowest BCUT2D eigenvalue weighted by Gasteiger charge is -2.25. The van der Waals surface area contributed by atoms with Crippen molar-refractivity contribution in [2.24, 2.45) is 5.92 Å². The molecule has 2 aromatic carbocycles. The first-order valence-corrected chi connectivity index (χ1v) is 12.6. The summed E-state index contributed by atoms with van der Waals surface area (Å²) in [5.74, 6) is 0.469. The van der Waals surface area contributed by atoms with Gasteiger partial charge in [-0.1, -0.05) is 26.0 Å². The number of ketones is 1. The Labute approximate surface area is 212 Å². The Kier molecular flexibility index (Phi) is 7.99. The number of carbonyl (C=O) groups excluding carboxylic acids is 2. The maximum Gasteiger partial charge on any atom is 0.295 e. The van der Waals surface area contributed by atoms with Crippen molar-refractivity contribution in [2.75, 3.05) is 26.9 Å². The zero-order valence-electron chi connectivity index (χ0n) is 21.5. The number of rotatable bonds is 10. The zero-order chi connectivity index (χ0) is 25.8. The average Bonchev–Trinajstić information content (AvgIpc) is 3.34. The summed E-state index contributed by atoms with van der Waals surface area (Å²) in [6.45, 7) is 7.62. The van der Waals surface area contributed by atoms with Crippen molar-refractivity contribution in [1.29, 1.82) is 0 Å². The van der Waals surface area contributed by atoms with Crippen molar-refractivity contribution in [1.82, 2.24) is 4.90 Å². The molecule has 1 N–H and O–H groups in total. The predicted molar refractivity (Wildman–Crippen MR) is 137 cm³/mol. The van der Waals surface area contributed by atoms with Gasteiger partial charge in [0.15, 0.2) is 0 Å². The number of benzene rings is 2. The Morgan fingerprint density at radius 2 is 1.97 bits per heavy atom. The number of amides is 1. The molecule has 0 saturated carbocycles. The fourth-order valence-corrected chi connectivity index (χ4v) is 4.75. The largest absolute Gasteiger partial charge is 0.507 e. The molecule has 192 valence electrons. The van der Waals surface area contributed by atoms with Gasteiger partial charge in [-0.15, -0.1) is 0 Å². The van der Waals surface area contributed by atoms with Crippen LogP contribution in [0.5, 0.6) is 11.5 Å². The highest BCUT2D eigenvalue weighted by atomic mass is 16.5. The second-order valence-electron chi connectivity index (χ2n) is 9.90. The molecule has 0 radical (unpaired) electrons. The van der Waals surface area contributed by atoms with E-state index in [4.69, 9.17) is 14.2 Å². The molecule has 0 spiro atoms. The number of hydrogen-bond acceptors (Lipinski definition) is 6. The summed E-state index contributed by atoms with van der Waals surface area (Å²) < 4.78 is 16.9. The van der Waals surface area contributed by atoms with Gasteiger partial charge in [-0.2, -0.15) is 0 Å². The fourth-order valence-electron chi connectivity index (χ4n) is 4.75. The van der Waals surface area contributed by atoms with E-state index in [1.54, 1.807) is 19.2 Å². The Bertz CT molecular complexity index is 1150. The van der Waals surface area contributed by atoms with Gasteiger partial charge in [-0.05, 0) is 67.1 Å². The summed E-state index contributed by atoms with van der Waals surface area (Å²) in [6.07, 6.45) is 2.27. The van der Waals surface area contributed by atoms with Gasteiger partial charge < -0.3 is 24.2 Å². The van der Waals surface area contributed by atoms with Crippen molar-refractivity contribution in [2.45, 2.75) is 52.2 Å². The van der Waals surface area contributed by atoms with Crippen molar-refractivity contribution < 1.29 is 28.9 Å². The van der Waals surface area contributed by atoms with Gasteiger partial charge in [0.2, 0.25) is 0 Å². The smallest absolute Gasteiger partial charge is 0.295 e.